The van der Waals surface area contributed by atoms with Gasteiger partial charge in [-0.05, 0) is 23.5 Å². The highest BCUT2D eigenvalue weighted by molar-refractivity contribution is 7.80. The molecule has 1 atom stereocenters. The van der Waals surface area contributed by atoms with E-state index in [1.54, 1.807) is 0 Å². The number of thiol groups is 1. The largest absolute Gasteiger partial charge is 0.301 e. The summed E-state index contributed by atoms with van der Waals surface area (Å²) in [5.74, 6) is 3.31. The molecule has 1 unspecified atom stereocenters. The maximum atomic E-state index is 4.48. The third kappa shape index (κ3) is 5.62. The lowest BCUT2D eigenvalue weighted by Gasteiger charge is -2.37. The Balaban J connectivity index is 2.27. The molecule has 3 heteroatoms. The van der Waals surface area contributed by atoms with E-state index in [2.05, 4.69) is 50.1 Å². The van der Waals surface area contributed by atoms with E-state index in [0.29, 0.717) is 0 Å². The zero-order chi connectivity index (χ0) is 12.8. The van der Waals surface area contributed by atoms with Gasteiger partial charge in [-0.2, -0.15) is 12.6 Å². The van der Waals surface area contributed by atoms with Crippen LogP contribution in [-0.2, 0) is 0 Å². The van der Waals surface area contributed by atoms with Crippen molar-refractivity contribution in [3.8, 4) is 0 Å². The summed E-state index contributed by atoms with van der Waals surface area (Å²) in [6.07, 6.45) is 0. The monoisotopic (exact) mass is 258 g/mol. The van der Waals surface area contributed by atoms with E-state index in [-0.39, 0.29) is 0 Å². The molecule has 0 aromatic heterocycles. The molecular formula is C14H30N2S. The molecule has 0 N–H and O–H groups in total. The van der Waals surface area contributed by atoms with Crippen LogP contribution in [0.15, 0.2) is 0 Å². The first-order chi connectivity index (χ1) is 8.02. The number of nitrogens with zero attached hydrogens (tertiary/aromatic N) is 2. The van der Waals surface area contributed by atoms with Gasteiger partial charge < -0.3 is 9.80 Å². The predicted octanol–water partition coefficient (Wildman–Crippen LogP) is 2.46. The molecule has 1 fully saturated rings. The van der Waals surface area contributed by atoms with E-state index >= 15 is 0 Å². The van der Waals surface area contributed by atoms with Crippen LogP contribution in [0.2, 0.25) is 0 Å². The van der Waals surface area contributed by atoms with Gasteiger partial charge >= 0.3 is 0 Å². The summed E-state index contributed by atoms with van der Waals surface area (Å²) in [5.41, 5.74) is 0. The quantitative estimate of drug-likeness (QED) is 0.731. The Labute approximate surface area is 113 Å². The molecule has 1 saturated heterocycles. The van der Waals surface area contributed by atoms with Crippen molar-refractivity contribution in [2.75, 3.05) is 45.0 Å². The Kier molecular flexibility index (Phi) is 6.90. The topological polar surface area (TPSA) is 6.48 Å². The minimum atomic E-state index is 0.745. The number of hydrogen-bond donors (Lipinski definition) is 1. The fraction of sp³-hybridized carbons (Fsp3) is 1.00. The maximum absolute atomic E-state index is 4.48. The Hall–Kier alpha value is 0.270. The normalized spacial score (nSPS) is 21.4. The lowest BCUT2D eigenvalue weighted by molar-refractivity contribution is 0.105. The predicted molar refractivity (Wildman–Crippen MR) is 79.9 cm³/mol. The Morgan fingerprint density at radius 2 is 1.35 bits per heavy atom. The molecule has 0 bridgehead atoms. The van der Waals surface area contributed by atoms with Gasteiger partial charge in [0.1, 0.15) is 0 Å². The molecule has 1 aliphatic rings. The van der Waals surface area contributed by atoms with Crippen molar-refractivity contribution in [2.45, 2.75) is 27.7 Å². The second-order valence-electron chi connectivity index (χ2n) is 6.18. The Bertz CT molecular complexity index is 198. The highest BCUT2D eigenvalue weighted by Crippen LogP contribution is 2.15. The zero-order valence-corrected chi connectivity index (χ0v) is 12.9. The summed E-state index contributed by atoms with van der Waals surface area (Å²) in [4.78, 5) is 5.23. The van der Waals surface area contributed by atoms with Crippen LogP contribution in [-0.4, -0.2) is 54.8 Å². The van der Waals surface area contributed by atoms with Crippen molar-refractivity contribution in [1.29, 1.82) is 0 Å². The summed E-state index contributed by atoms with van der Waals surface area (Å²) in [6, 6.07) is 0. The first-order valence-corrected chi connectivity index (χ1v) is 7.71. The summed E-state index contributed by atoms with van der Waals surface area (Å²) >= 11 is 4.48. The smallest absolute Gasteiger partial charge is 0.0110 e. The lowest BCUT2D eigenvalue weighted by Crippen LogP contribution is -2.49. The molecule has 0 spiro atoms. The summed E-state index contributed by atoms with van der Waals surface area (Å²) in [6.45, 7) is 16.7. The van der Waals surface area contributed by atoms with Crippen LogP contribution in [0, 0.1) is 17.8 Å². The molecule has 0 amide bonds. The van der Waals surface area contributed by atoms with Gasteiger partial charge in [-0.1, -0.05) is 27.7 Å². The fourth-order valence-corrected chi connectivity index (χ4v) is 3.02. The molecule has 0 saturated carbocycles. The minimum absolute atomic E-state index is 0.745. The van der Waals surface area contributed by atoms with Crippen molar-refractivity contribution >= 4 is 12.6 Å². The van der Waals surface area contributed by atoms with Gasteiger partial charge in [0.25, 0.3) is 0 Å². The van der Waals surface area contributed by atoms with Gasteiger partial charge in [-0.15, -0.1) is 0 Å². The lowest BCUT2D eigenvalue weighted by atomic mass is 9.97. The van der Waals surface area contributed by atoms with E-state index in [1.165, 1.54) is 39.3 Å². The number of hydrogen-bond acceptors (Lipinski definition) is 3. The molecule has 0 aromatic carbocycles. The van der Waals surface area contributed by atoms with E-state index < -0.39 is 0 Å². The van der Waals surface area contributed by atoms with E-state index in [4.69, 9.17) is 0 Å². The van der Waals surface area contributed by atoms with Gasteiger partial charge in [0.2, 0.25) is 0 Å². The molecule has 0 aromatic rings. The molecule has 17 heavy (non-hydrogen) atoms. The standard InChI is InChI=1S/C14H30N2S/c1-12(2)9-15-5-7-16(8-6-15)10-14(11-17)13(3)4/h12-14,17H,5-11H2,1-4H3. The van der Waals surface area contributed by atoms with Gasteiger partial charge in [0.05, 0.1) is 0 Å². The highest BCUT2D eigenvalue weighted by Gasteiger charge is 2.21. The number of piperazine rings is 1. The van der Waals surface area contributed by atoms with Crippen molar-refractivity contribution in [3.63, 3.8) is 0 Å². The molecule has 0 radical (unpaired) electrons. The van der Waals surface area contributed by atoms with Gasteiger partial charge in [-0.25, -0.2) is 0 Å². The molecule has 1 aliphatic heterocycles. The molecule has 1 rings (SSSR count). The van der Waals surface area contributed by atoms with E-state index in [0.717, 1.165) is 23.5 Å². The third-order valence-electron chi connectivity index (χ3n) is 3.76. The summed E-state index contributed by atoms with van der Waals surface area (Å²) in [5, 5.41) is 0. The maximum Gasteiger partial charge on any atom is 0.0110 e. The first-order valence-electron chi connectivity index (χ1n) is 7.08. The van der Waals surface area contributed by atoms with Gasteiger partial charge in [0, 0.05) is 39.3 Å². The van der Waals surface area contributed by atoms with Crippen molar-refractivity contribution in [1.82, 2.24) is 9.80 Å². The first kappa shape index (κ1) is 15.3. The second-order valence-corrected chi connectivity index (χ2v) is 6.55. The molecule has 0 aliphatic carbocycles. The van der Waals surface area contributed by atoms with Crippen LogP contribution in [0.25, 0.3) is 0 Å². The van der Waals surface area contributed by atoms with Gasteiger partial charge in [0.15, 0.2) is 0 Å². The summed E-state index contributed by atoms with van der Waals surface area (Å²) < 4.78 is 0. The zero-order valence-electron chi connectivity index (χ0n) is 12.0. The highest BCUT2D eigenvalue weighted by atomic mass is 32.1. The fourth-order valence-electron chi connectivity index (χ4n) is 2.48. The Morgan fingerprint density at radius 3 is 1.71 bits per heavy atom. The Morgan fingerprint density at radius 1 is 0.882 bits per heavy atom. The minimum Gasteiger partial charge on any atom is -0.301 e. The van der Waals surface area contributed by atoms with Crippen LogP contribution in [0.3, 0.4) is 0 Å². The van der Waals surface area contributed by atoms with Crippen LogP contribution in [0.5, 0.6) is 0 Å². The van der Waals surface area contributed by atoms with Crippen LogP contribution >= 0.6 is 12.6 Å². The molecular weight excluding hydrogens is 228 g/mol. The summed E-state index contributed by atoms with van der Waals surface area (Å²) in [7, 11) is 0. The molecule has 102 valence electrons. The molecule has 1 heterocycles. The average molecular weight is 258 g/mol. The van der Waals surface area contributed by atoms with Crippen LogP contribution in [0.1, 0.15) is 27.7 Å². The molecule has 2 nitrogen and oxygen atoms in total. The van der Waals surface area contributed by atoms with Crippen molar-refractivity contribution in [2.24, 2.45) is 17.8 Å². The SMILES string of the molecule is CC(C)CN1CCN(CC(CS)C(C)C)CC1. The van der Waals surface area contributed by atoms with Crippen LogP contribution < -0.4 is 0 Å². The van der Waals surface area contributed by atoms with E-state index in [9.17, 15) is 0 Å². The average Bonchev–Trinajstić information content (AvgIpc) is 2.26. The van der Waals surface area contributed by atoms with Crippen molar-refractivity contribution < 1.29 is 0 Å². The van der Waals surface area contributed by atoms with Gasteiger partial charge in [-0.3, -0.25) is 0 Å². The third-order valence-corrected chi connectivity index (χ3v) is 4.23. The second kappa shape index (κ2) is 7.65. The van der Waals surface area contributed by atoms with Crippen LogP contribution in [0.4, 0.5) is 0 Å². The van der Waals surface area contributed by atoms with E-state index in [1.807, 2.05) is 0 Å². The van der Waals surface area contributed by atoms with Crippen molar-refractivity contribution in [3.05, 3.63) is 0 Å². The number of rotatable bonds is 6.